The number of esters is 1. The van der Waals surface area contributed by atoms with Gasteiger partial charge in [-0.1, -0.05) is 18.2 Å². The van der Waals surface area contributed by atoms with Crippen molar-refractivity contribution in [2.75, 3.05) is 20.8 Å². The van der Waals surface area contributed by atoms with Crippen LogP contribution in [-0.2, 0) is 20.7 Å². The van der Waals surface area contributed by atoms with Crippen LogP contribution in [0.4, 0.5) is 4.79 Å². The molecule has 24 heavy (non-hydrogen) atoms. The number of H-pyrrole nitrogens is 1. The van der Waals surface area contributed by atoms with Crippen molar-refractivity contribution in [3.8, 4) is 0 Å². The maximum atomic E-state index is 12.3. The van der Waals surface area contributed by atoms with Crippen LogP contribution in [-0.4, -0.2) is 48.8 Å². The predicted molar refractivity (Wildman–Crippen MR) is 87.7 cm³/mol. The SMILES string of the molecule is COC(=O)C1=C[C@H]2c3cccc4[nH]cc(c34)C[C@H]2N(C(=O)OC)C1. The van der Waals surface area contributed by atoms with Gasteiger partial charge in [-0.05, 0) is 23.6 Å². The number of fused-ring (bicyclic) bond motifs is 2. The molecule has 124 valence electrons. The second-order valence-electron chi connectivity index (χ2n) is 6.16. The summed E-state index contributed by atoms with van der Waals surface area (Å²) in [5, 5.41) is 1.19. The molecule has 1 N–H and O–H groups in total. The smallest absolute Gasteiger partial charge is 0.410 e. The van der Waals surface area contributed by atoms with Crippen LogP contribution < -0.4 is 0 Å². The van der Waals surface area contributed by atoms with E-state index >= 15 is 0 Å². The molecule has 0 spiro atoms. The lowest BCUT2D eigenvalue weighted by molar-refractivity contribution is -0.136. The Bertz CT molecular complexity index is 867. The minimum atomic E-state index is -0.425. The molecule has 0 radical (unpaired) electrons. The predicted octanol–water partition coefficient (Wildman–Crippen LogP) is 2.36. The molecule has 0 unspecified atom stereocenters. The molecule has 0 saturated carbocycles. The molecule has 0 fully saturated rings. The molecule has 0 bridgehead atoms. The van der Waals surface area contributed by atoms with Crippen molar-refractivity contribution >= 4 is 23.0 Å². The molecule has 2 heterocycles. The number of nitrogens with zero attached hydrogens (tertiary/aromatic N) is 1. The summed E-state index contributed by atoms with van der Waals surface area (Å²) in [6, 6.07) is 6.01. The number of rotatable bonds is 1. The van der Waals surface area contributed by atoms with Crippen LogP contribution >= 0.6 is 0 Å². The lowest BCUT2D eigenvalue weighted by atomic mass is 9.76. The van der Waals surface area contributed by atoms with Crippen LogP contribution in [0.5, 0.6) is 0 Å². The Hall–Kier alpha value is -2.76. The minimum Gasteiger partial charge on any atom is -0.466 e. The lowest BCUT2D eigenvalue weighted by Gasteiger charge is -2.41. The Morgan fingerprint density at radius 3 is 2.83 bits per heavy atom. The standard InChI is InChI=1S/C18H18N2O4/c1-23-17(21)11-6-13-12-4-3-5-14-16(12)10(8-19-14)7-15(13)20(9-11)18(22)24-2/h3-6,8,13,15,19H,7,9H2,1-2H3/t13-,15+/m0/s1. The highest BCUT2D eigenvalue weighted by molar-refractivity contribution is 5.92. The highest BCUT2D eigenvalue weighted by atomic mass is 16.5. The van der Waals surface area contributed by atoms with E-state index in [0.29, 0.717) is 5.57 Å². The average Bonchev–Trinajstić information content (AvgIpc) is 3.04. The molecule has 2 aliphatic rings. The monoisotopic (exact) mass is 326 g/mol. The summed E-state index contributed by atoms with van der Waals surface area (Å²) < 4.78 is 9.81. The number of carbonyl (C=O) groups excluding carboxylic acids is 2. The van der Waals surface area contributed by atoms with Gasteiger partial charge in [-0.2, -0.15) is 0 Å². The molecule has 6 heteroatoms. The second kappa shape index (κ2) is 5.40. The summed E-state index contributed by atoms with van der Waals surface area (Å²) in [6.45, 7) is 0.205. The van der Waals surface area contributed by atoms with E-state index in [4.69, 9.17) is 9.47 Å². The topological polar surface area (TPSA) is 71.6 Å². The van der Waals surface area contributed by atoms with Gasteiger partial charge < -0.3 is 14.5 Å². The number of ether oxygens (including phenoxy) is 2. The van der Waals surface area contributed by atoms with E-state index < -0.39 is 12.1 Å². The van der Waals surface area contributed by atoms with Gasteiger partial charge in [0.2, 0.25) is 0 Å². The summed E-state index contributed by atoms with van der Waals surface area (Å²) in [4.78, 5) is 29.3. The first kappa shape index (κ1) is 14.8. The maximum absolute atomic E-state index is 12.3. The Kier molecular flexibility index (Phi) is 3.33. The summed E-state index contributed by atoms with van der Waals surface area (Å²) in [7, 11) is 2.71. The molecule has 2 aromatic rings. The van der Waals surface area contributed by atoms with E-state index in [0.717, 1.165) is 17.5 Å². The van der Waals surface area contributed by atoms with Gasteiger partial charge in [0.15, 0.2) is 0 Å². The molecule has 1 aromatic carbocycles. The first-order valence-electron chi connectivity index (χ1n) is 7.86. The minimum absolute atomic E-state index is 0.0565. The molecule has 1 aromatic heterocycles. The molecule has 1 amide bonds. The van der Waals surface area contributed by atoms with Crippen LogP contribution in [0.1, 0.15) is 17.0 Å². The Morgan fingerprint density at radius 2 is 2.08 bits per heavy atom. The number of nitrogens with one attached hydrogen (secondary N) is 1. The van der Waals surface area contributed by atoms with Gasteiger partial charge in [-0.25, -0.2) is 9.59 Å². The van der Waals surface area contributed by atoms with Crippen molar-refractivity contribution in [1.29, 1.82) is 0 Å². The molecule has 6 nitrogen and oxygen atoms in total. The normalized spacial score (nSPS) is 21.9. The number of aromatic nitrogens is 1. The van der Waals surface area contributed by atoms with E-state index in [1.807, 2.05) is 24.4 Å². The zero-order valence-electron chi connectivity index (χ0n) is 13.5. The first-order chi connectivity index (χ1) is 11.6. The van der Waals surface area contributed by atoms with Gasteiger partial charge in [0, 0.05) is 29.1 Å². The number of benzene rings is 1. The number of hydrogen-bond donors (Lipinski definition) is 1. The highest BCUT2D eigenvalue weighted by Crippen LogP contribution is 2.42. The molecule has 0 saturated heterocycles. The number of aromatic amines is 1. The van der Waals surface area contributed by atoms with E-state index in [9.17, 15) is 9.59 Å². The Labute approximate surface area is 139 Å². The van der Waals surface area contributed by atoms with Gasteiger partial charge in [0.05, 0.1) is 26.3 Å². The third-order valence-electron chi connectivity index (χ3n) is 5.00. The summed E-state index contributed by atoms with van der Waals surface area (Å²) in [5.74, 6) is -0.464. The van der Waals surface area contributed by atoms with Crippen molar-refractivity contribution in [1.82, 2.24) is 9.88 Å². The molecule has 4 rings (SSSR count). The quantitative estimate of drug-likeness (QED) is 0.817. The van der Waals surface area contributed by atoms with Crippen LogP contribution in [0.15, 0.2) is 36.0 Å². The maximum Gasteiger partial charge on any atom is 0.410 e. The van der Waals surface area contributed by atoms with Crippen LogP contribution in [0, 0.1) is 0 Å². The zero-order chi connectivity index (χ0) is 16.8. The average molecular weight is 326 g/mol. The van der Waals surface area contributed by atoms with Gasteiger partial charge in [0.25, 0.3) is 0 Å². The number of carbonyl (C=O) groups is 2. The van der Waals surface area contributed by atoms with Gasteiger partial charge in [-0.15, -0.1) is 0 Å². The van der Waals surface area contributed by atoms with Crippen molar-refractivity contribution in [2.45, 2.75) is 18.4 Å². The highest BCUT2D eigenvalue weighted by Gasteiger charge is 2.41. The first-order valence-corrected chi connectivity index (χ1v) is 7.86. The Morgan fingerprint density at radius 1 is 1.25 bits per heavy atom. The summed E-state index contributed by atoms with van der Waals surface area (Å²) in [5.41, 5.74) is 3.87. The second-order valence-corrected chi connectivity index (χ2v) is 6.16. The number of methoxy groups -OCH3 is 2. The number of amides is 1. The number of hydrogen-bond acceptors (Lipinski definition) is 4. The van der Waals surface area contributed by atoms with Crippen molar-refractivity contribution in [2.24, 2.45) is 0 Å². The van der Waals surface area contributed by atoms with E-state index in [1.165, 1.54) is 25.2 Å². The van der Waals surface area contributed by atoms with Gasteiger partial charge >= 0.3 is 12.1 Å². The zero-order valence-corrected chi connectivity index (χ0v) is 13.5. The molecular weight excluding hydrogens is 308 g/mol. The lowest BCUT2D eigenvalue weighted by Crippen LogP contribution is -2.50. The van der Waals surface area contributed by atoms with E-state index in [1.54, 1.807) is 4.90 Å². The fraction of sp³-hybridized carbons (Fsp3) is 0.333. The molecule has 2 atom stereocenters. The van der Waals surface area contributed by atoms with Crippen molar-refractivity contribution in [3.05, 3.63) is 47.2 Å². The molecule has 1 aliphatic carbocycles. The fourth-order valence-corrected chi connectivity index (χ4v) is 3.94. The van der Waals surface area contributed by atoms with Crippen LogP contribution in [0.2, 0.25) is 0 Å². The van der Waals surface area contributed by atoms with Crippen LogP contribution in [0.3, 0.4) is 0 Å². The summed E-state index contributed by atoms with van der Waals surface area (Å²) in [6.07, 6.45) is 4.24. The third kappa shape index (κ3) is 2.02. The fourth-order valence-electron chi connectivity index (χ4n) is 3.94. The Balaban J connectivity index is 1.88. The van der Waals surface area contributed by atoms with Gasteiger partial charge in [-0.3, -0.25) is 4.90 Å². The summed E-state index contributed by atoms with van der Waals surface area (Å²) >= 11 is 0. The van der Waals surface area contributed by atoms with Crippen molar-refractivity contribution in [3.63, 3.8) is 0 Å². The largest absolute Gasteiger partial charge is 0.466 e. The van der Waals surface area contributed by atoms with Crippen molar-refractivity contribution < 1.29 is 19.1 Å². The van der Waals surface area contributed by atoms with Crippen LogP contribution in [0.25, 0.3) is 10.9 Å². The van der Waals surface area contributed by atoms with E-state index in [2.05, 4.69) is 11.1 Å². The van der Waals surface area contributed by atoms with Gasteiger partial charge in [0.1, 0.15) is 0 Å². The molecular formula is C18H18N2O4. The molecule has 1 aliphatic heterocycles. The van der Waals surface area contributed by atoms with E-state index in [-0.39, 0.29) is 18.5 Å². The third-order valence-corrected chi connectivity index (χ3v) is 5.00.